The van der Waals surface area contributed by atoms with E-state index in [9.17, 15) is 9.90 Å². The smallest absolute Gasteiger partial charge is 0.407 e. The van der Waals surface area contributed by atoms with Crippen LogP contribution >= 0.6 is 0 Å². The van der Waals surface area contributed by atoms with Crippen molar-refractivity contribution in [2.75, 3.05) is 13.6 Å². The Labute approximate surface area is 96.2 Å². The van der Waals surface area contributed by atoms with E-state index in [1.54, 1.807) is 0 Å². The lowest BCUT2D eigenvalue weighted by Crippen LogP contribution is -2.48. The molecule has 1 rings (SSSR count). The standard InChI is InChI=1S/C11H22N2O3/c1-13(11(15)16)7-9(12)10(14)8-5-3-2-4-6-8/h8-10,14H,2-7,12H2,1H3,(H,15,16)/t9-,10+/m1/s1. The molecule has 4 N–H and O–H groups in total. The van der Waals surface area contributed by atoms with Crippen molar-refractivity contribution in [1.29, 1.82) is 0 Å². The van der Waals surface area contributed by atoms with Crippen LogP contribution in [0.4, 0.5) is 4.79 Å². The third-order valence-corrected chi connectivity index (χ3v) is 3.38. The highest BCUT2D eigenvalue weighted by Crippen LogP contribution is 2.27. The summed E-state index contributed by atoms with van der Waals surface area (Å²) in [4.78, 5) is 11.7. The van der Waals surface area contributed by atoms with Crippen molar-refractivity contribution in [3.05, 3.63) is 0 Å². The lowest BCUT2D eigenvalue weighted by atomic mass is 9.83. The fourth-order valence-electron chi connectivity index (χ4n) is 2.33. The Hall–Kier alpha value is -0.810. The normalized spacial score (nSPS) is 21.4. The van der Waals surface area contributed by atoms with Gasteiger partial charge in [0.15, 0.2) is 0 Å². The van der Waals surface area contributed by atoms with Gasteiger partial charge in [0.2, 0.25) is 0 Å². The Kier molecular flexibility index (Phi) is 5.02. The third-order valence-electron chi connectivity index (χ3n) is 3.38. The molecule has 0 unspecified atom stereocenters. The highest BCUT2D eigenvalue weighted by atomic mass is 16.4. The van der Waals surface area contributed by atoms with E-state index in [0.29, 0.717) is 0 Å². The van der Waals surface area contributed by atoms with Crippen LogP contribution in [0.3, 0.4) is 0 Å². The molecule has 0 aromatic heterocycles. The van der Waals surface area contributed by atoms with Crippen molar-refractivity contribution in [3.63, 3.8) is 0 Å². The summed E-state index contributed by atoms with van der Waals surface area (Å²) < 4.78 is 0. The van der Waals surface area contributed by atoms with Gasteiger partial charge < -0.3 is 20.8 Å². The molecule has 0 aromatic carbocycles. The second-order valence-electron chi connectivity index (χ2n) is 4.72. The molecule has 5 heteroatoms. The van der Waals surface area contributed by atoms with Crippen molar-refractivity contribution in [2.24, 2.45) is 11.7 Å². The number of nitrogens with zero attached hydrogens (tertiary/aromatic N) is 1. The summed E-state index contributed by atoms with van der Waals surface area (Å²) in [6.07, 6.45) is 3.94. The molecule has 16 heavy (non-hydrogen) atoms. The van der Waals surface area contributed by atoms with Gasteiger partial charge in [-0.25, -0.2) is 4.79 Å². The van der Waals surface area contributed by atoms with Crippen LogP contribution in [0.5, 0.6) is 0 Å². The Bertz CT molecular complexity index is 229. The number of carboxylic acid groups (broad SMARTS) is 1. The van der Waals surface area contributed by atoms with Gasteiger partial charge in [-0.1, -0.05) is 19.3 Å². The van der Waals surface area contributed by atoms with E-state index in [0.717, 1.165) is 30.6 Å². The van der Waals surface area contributed by atoms with Gasteiger partial charge in [0, 0.05) is 19.6 Å². The second-order valence-corrected chi connectivity index (χ2v) is 4.72. The van der Waals surface area contributed by atoms with Crippen molar-refractivity contribution < 1.29 is 15.0 Å². The minimum absolute atomic E-state index is 0.188. The van der Waals surface area contributed by atoms with Gasteiger partial charge in [0.05, 0.1) is 6.10 Å². The minimum Gasteiger partial charge on any atom is -0.465 e. The van der Waals surface area contributed by atoms with E-state index in [-0.39, 0.29) is 12.5 Å². The quantitative estimate of drug-likeness (QED) is 0.668. The number of aliphatic hydroxyl groups excluding tert-OH is 1. The first-order valence-corrected chi connectivity index (χ1v) is 5.90. The molecule has 0 aromatic rings. The molecule has 0 radical (unpaired) electrons. The Morgan fingerprint density at radius 1 is 1.44 bits per heavy atom. The number of nitrogens with two attached hydrogens (primary N) is 1. The molecule has 5 nitrogen and oxygen atoms in total. The van der Waals surface area contributed by atoms with E-state index in [1.165, 1.54) is 13.5 Å². The van der Waals surface area contributed by atoms with Gasteiger partial charge in [0.25, 0.3) is 0 Å². The van der Waals surface area contributed by atoms with Crippen LogP contribution in [0.1, 0.15) is 32.1 Å². The van der Waals surface area contributed by atoms with Gasteiger partial charge in [-0.05, 0) is 18.8 Å². The highest BCUT2D eigenvalue weighted by molar-refractivity contribution is 5.64. The monoisotopic (exact) mass is 230 g/mol. The fraction of sp³-hybridized carbons (Fsp3) is 0.909. The van der Waals surface area contributed by atoms with Crippen LogP contribution in [-0.4, -0.2) is 46.9 Å². The fourth-order valence-corrected chi connectivity index (χ4v) is 2.33. The summed E-state index contributed by atoms with van der Waals surface area (Å²) in [5.41, 5.74) is 5.83. The summed E-state index contributed by atoms with van der Waals surface area (Å²) in [7, 11) is 1.47. The number of amides is 1. The molecule has 0 spiro atoms. The summed E-state index contributed by atoms with van der Waals surface area (Å²) in [6, 6.07) is -0.482. The molecular formula is C11H22N2O3. The van der Waals surface area contributed by atoms with Crippen LogP contribution in [-0.2, 0) is 0 Å². The Morgan fingerprint density at radius 2 is 2.00 bits per heavy atom. The van der Waals surface area contributed by atoms with E-state index in [1.807, 2.05) is 0 Å². The van der Waals surface area contributed by atoms with Crippen LogP contribution < -0.4 is 5.73 Å². The molecule has 2 atom stereocenters. The average molecular weight is 230 g/mol. The first-order valence-electron chi connectivity index (χ1n) is 5.90. The molecule has 1 saturated carbocycles. The molecular weight excluding hydrogens is 208 g/mol. The van der Waals surface area contributed by atoms with Gasteiger partial charge in [-0.2, -0.15) is 0 Å². The first-order chi connectivity index (χ1) is 7.52. The molecule has 0 bridgehead atoms. The lowest BCUT2D eigenvalue weighted by molar-refractivity contribution is 0.0519. The Balaban J connectivity index is 2.39. The number of hydrogen-bond acceptors (Lipinski definition) is 3. The highest BCUT2D eigenvalue weighted by Gasteiger charge is 2.27. The topological polar surface area (TPSA) is 86.8 Å². The maximum absolute atomic E-state index is 10.6. The largest absolute Gasteiger partial charge is 0.465 e. The number of rotatable bonds is 4. The summed E-state index contributed by atoms with van der Waals surface area (Å²) in [5.74, 6) is 0.242. The maximum Gasteiger partial charge on any atom is 0.407 e. The third kappa shape index (κ3) is 3.64. The average Bonchev–Trinajstić information content (AvgIpc) is 2.28. The van der Waals surface area contributed by atoms with E-state index < -0.39 is 18.2 Å². The summed E-state index contributed by atoms with van der Waals surface area (Å²) in [5, 5.41) is 18.7. The molecule has 1 aliphatic carbocycles. The molecule has 0 saturated heterocycles. The van der Waals surface area contributed by atoms with Crippen LogP contribution in [0, 0.1) is 5.92 Å². The number of carbonyl (C=O) groups is 1. The second kappa shape index (κ2) is 6.06. The lowest BCUT2D eigenvalue weighted by Gasteiger charge is -2.31. The first kappa shape index (κ1) is 13.3. The maximum atomic E-state index is 10.6. The van der Waals surface area contributed by atoms with Crippen molar-refractivity contribution >= 4 is 6.09 Å². The van der Waals surface area contributed by atoms with Crippen molar-refractivity contribution in [3.8, 4) is 0 Å². The van der Waals surface area contributed by atoms with Crippen LogP contribution in [0.25, 0.3) is 0 Å². The molecule has 0 heterocycles. The zero-order valence-electron chi connectivity index (χ0n) is 9.80. The SMILES string of the molecule is CN(C[C@@H](N)[C@@H](O)C1CCCCC1)C(=O)O. The van der Waals surface area contributed by atoms with E-state index in [2.05, 4.69) is 0 Å². The summed E-state index contributed by atoms with van der Waals surface area (Å²) >= 11 is 0. The molecule has 0 aliphatic heterocycles. The van der Waals surface area contributed by atoms with Crippen molar-refractivity contribution in [1.82, 2.24) is 4.90 Å². The van der Waals surface area contributed by atoms with Crippen LogP contribution in [0.2, 0.25) is 0 Å². The predicted octanol–water partition coefficient (Wildman–Crippen LogP) is 0.865. The zero-order chi connectivity index (χ0) is 12.1. The molecule has 1 fully saturated rings. The number of hydrogen-bond donors (Lipinski definition) is 3. The van der Waals surface area contributed by atoms with Gasteiger partial charge >= 0.3 is 6.09 Å². The molecule has 94 valence electrons. The van der Waals surface area contributed by atoms with E-state index in [4.69, 9.17) is 10.8 Å². The van der Waals surface area contributed by atoms with Gasteiger partial charge in [-0.3, -0.25) is 0 Å². The zero-order valence-corrected chi connectivity index (χ0v) is 9.80. The number of aliphatic hydroxyl groups is 1. The van der Waals surface area contributed by atoms with Crippen LogP contribution in [0.15, 0.2) is 0 Å². The molecule has 1 aliphatic rings. The predicted molar refractivity (Wildman–Crippen MR) is 61.2 cm³/mol. The van der Waals surface area contributed by atoms with Gasteiger partial charge in [-0.15, -0.1) is 0 Å². The number of likely N-dealkylation sites (N-methyl/N-ethyl adjacent to an activating group) is 1. The van der Waals surface area contributed by atoms with Crippen molar-refractivity contribution in [2.45, 2.75) is 44.2 Å². The molecule has 1 amide bonds. The van der Waals surface area contributed by atoms with E-state index >= 15 is 0 Å². The summed E-state index contributed by atoms with van der Waals surface area (Å²) in [6.45, 7) is 0.188. The minimum atomic E-state index is -1.01. The van der Waals surface area contributed by atoms with Gasteiger partial charge in [0.1, 0.15) is 0 Å². The Morgan fingerprint density at radius 3 is 2.50 bits per heavy atom.